The van der Waals surface area contributed by atoms with E-state index in [9.17, 15) is 13.2 Å². The fourth-order valence-electron chi connectivity index (χ4n) is 3.56. The van der Waals surface area contributed by atoms with E-state index in [1.165, 1.54) is 11.3 Å². The molecule has 2 aromatic carbocycles. The van der Waals surface area contributed by atoms with Crippen LogP contribution in [0.3, 0.4) is 0 Å². The fourth-order valence-corrected chi connectivity index (χ4v) is 6.43. The van der Waals surface area contributed by atoms with Crippen molar-refractivity contribution >= 4 is 58.4 Å². The summed E-state index contributed by atoms with van der Waals surface area (Å²) in [7, 11) is -3.40. The van der Waals surface area contributed by atoms with Crippen LogP contribution in [0.5, 0.6) is 0 Å². The third-order valence-corrected chi connectivity index (χ3v) is 8.27. The first kappa shape index (κ1) is 22.4. The maximum atomic E-state index is 13.1. The van der Waals surface area contributed by atoms with Gasteiger partial charge in [-0.3, -0.25) is 9.69 Å². The Kier molecular flexibility index (Phi) is 7.05. The van der Waals surface area contributed by atoms with Crippen molar-refractivity contribution in [2.75, 3.05) is 23.8 Å². The highest BCUT2D eigenvalue weighted by molar-refractivity contribution is 9.10. The first-order valence-corrected chi connectivity index (χ1v) is 13.6. The molecule has 1 fully saturated rings. The van der Waals surface area contributed by atoms with Crippen LogP contribution in [-0.4, -0.2) is 44.3 Å². The van der Waals surface area contributed by atoms with E-state index in [0.29, 0.717) is 18.3 Å². The molecule has 1 saturated heterocycles. The van der Waals surface area contributed by atoms with Crippen LogP contribution in [0.4, 0.5) is 5.13 Å². The van der Waals surface area contributed by atoms with E-state index < -0.39 is 9.84 Å². The molecule has 0 bridgehead atoms. The van der Waals surface area contributed by atoms with Crippen LogP contribution < -0.4 is 4.90 Å². The second-order valence-corrected chi connectivity index (χ2v) is 11.7. The number of fused-ring (bicyclic) bond motifs is 1. The van der Waals surface area contributed by atoms with Crippen LogP contribution in [-0.2, 0) is 25.1 Å². The quantitative estimate of drug-likeness (QED) is 0.432. The van der Waals surface area contributed by atoms with Crippen molar-refractivity contribution in [3.05, 3.63) is 58.6 Å². The maximum Gasteiger partial charge on any atom is 0.229 e. The summed E-state index contributed by atoms with van der Waals surface area (Å²) in [5.74, 6) is -0.508. The number of ether oxygens (including phenoxy) is 1. The van der Waals surface area contributed by atoms with Crippen LogP contribution in [0.25, 0.3) is 10.2 Å². The molecule has 3 aromatic rings. The maximum absolute atomic E-state index is 13.1. The zero-order valence-corrected chi connectivity index (χ0v) is 20.1. The van der Waals surface area contributed by atoms with Crippen molar-refractivity contribution in [2.45, 2.75) is 31.1 Å². The van der Waals surface area contributed by atoms with E-state index in [-0.39, 0.29) is 29.9 Å². The number of anilines is 1. The Morgan fingerprint density at radius 2 is 2.03 bits per heavy atom. The lowest BCUT2D eigenvalue weighted by atomic mass is 10.2. The number of amides is 1. The number of hydrogen-bond acceptors (Lipinski definition) is 6. The summed E-state index contributed by atoms with van der Waals surface area (Å²) in [4.78, 5) is 19.4. The molecule has 164 valence electrons. The number of thiazole rings is 1. The summed E-state index contributed by atoms with van der Waals surface area (Å²) < 4.78 is 32.8. The fraction of sp³-hybridized carbons (Fsp3) is 0.364. The van der Waals surface area contributed by atoms with Gasteiger partial charge < -0.3 is 4.74 Å². The molecule has 1 atom stereocenters. The summed E-state index contributed by atoms with van der Waals surface area (Å²) in [5.41, 5.74) is 1.54. The summed E-state index contributed by atoms with van der Waals surface area (Å²) in [6, 6.07) is 14.8. The Hall–Kier alpha value is -1.81. The van der Waals surface area contributed by atoms with Crippen LogP contribution in [0.2, 0.25) is 0 Å². The first-order valence-electron chi connectivity index (χ1n) is 10.1. The van der Waals surface area contributed by atoms with Gasteiger partial charge in [0.15, 0.2) is 15.0 Å². The lowest BCUT2D eigenvalue weighted by Gasteiger charge is -2.23. The van der Waals surface area contributed by atoms with Gasteiger partial charge in [-0.1, -0.05) is 57.6 Å². The lowest BCUT2D eigenvalue weighted by Crippen LogP contribution is -2.38. The number of rotatable bonds is 8. The zero-order chi connectivity index (χ0) is 21.8. The minimum Gasteiger partial charge on any atom is -0.376 e. The largest absolute Gasteiger partial charge is 0.376 e. The molecule has 6 nitrogen and oxygen atoms in total. The van der Waals surface area contributed by atoms with E-state index in [1.807, 2.05) is 36.4 Å². The van der Waals surface area contributed by atoms with Crippen molar-refractivity contribution in [1.82, 2.24) is 4.98 Å². The predicted molar refractivity (Wildman–Crippen MR) is 127 cm³/mol. The average Bonchev–Trinajstić information content (AvgIpc) is 3.40. The number of carbonyl (C=O) groups is 1. The van der Waals surface area contributed by atoms with Crippen molar-refractivity contribution in [2.24, 2.45) is 0 Å². The van der Waals surface area contributed by atoms with E-state index in [2.05, 4.69) is 20.9 Å². The molecule has 1 aliphatic heterocycles. The van der Waals surface area contributed by atoms with Crippen molar-refractivity contribution in [1.29, 1.82) is 0 Å². The molecule has 4 rings (SSSR count). The Bertz CT molecular complexity index is 1160. The smallest absolute Gasteiger partial charge is 0.229 e. The van der Waals surface area contributed by atoms with Crippen LogP contribution in [0.1, 0.15) is 24.8 Å². The average molecular weight is 523 g/mol. The van der Waals surface area contributed by atoms with Gasteiger partial charge in [-0.05, 0) is 36.6 Å². The molecule has 0 aliphatic carbocycles. The molecule has 1 aromatic heterocycles. The third kappa shape index (κ3) is 5.91. The number of carbonyl (C=O) groups excluding carboxylic acids is 1. The van der Waals surface area contributed by atoms with E-state index in [1.54, 1.807) is 17.0 Å². The second-order valence-electron chi connectivity index (χ2n) is 7.58. The third-order valence-electron chi connectivity index (χ3n) is 5.14. The molecule has 0 spiro atoms. The van der Waals surface area contributed by atoms with Gasteiger partial charge in [-0.2, -0.15) is 0 Å². The second kappa shape index (κ2) is 9.77. The summed E-state index contributed by atoms with van der Waals surface area (Å²) in [6.45, 7) is 1.07. The highest BCUT2D eigenvalue weighted by atomic mass is 79.9. The molecule has 0 radical (unpaired) electrons. The molecular weight excluding hydrogens is 500 g/mol. The standard InChI is InChI=1S/C22H23BrN2O4S2/c23-17-8-9-19-20(13-17)30-22(24-19)25(14-18-7-4-11-29-18)21(26)10-12-31(27,28)15-16-5-2-1-3-6-16/h1-3,5-6,8-9,13,18H,4,7,10-12,14-15H2. The number of aromatic nitrogens is 1. The predicted octanol–water partition coefficient (Wildman–Crippen LogP) is 4.58. The number of sulfone groups is 1. The Labute approximate surface area is 194 Å². The molecule has 0 N–H and O–H groups in total. The van der Waals surface area contributed by atoms with E-state index in [4.69, 9.17) is 4.74 Å². The SMILES string of the molecule is O=C(CCS(=O)(=O)Cc1ccccc1)N(CC1CCCO1)c1nc2ccc(Br)cc2s1. The van der Waals surface area contributed by atoms with Crippen LogP contribution >= 0.6 is 27.3 Å². The molecule has 0 saturated carbocycles. The summed E-state index contributed by atoms with van der Waals surface area (Å²) >= 11 is 4.89. The monoisotopic (exact) mass is 522 g/mol. The van der Waals surface area contributed by atoms with E-state index in [0.717, 1.165) is 33.1 Å². The molecule has 2 heterocycles. The molecule has 1 amide bonds. The van der Waals surface area contributed by atoms with Gasteiger partial charge in [0.1, 0.15) is 0 Å². The van der Waals surface area contributed by atoms with Gasteiger partial charge in [0.25, 0.3) is 0 Å². The molecule has 1 aliphatic rings. The van der Waals surface area contributed by atoms with Gasteiger partial charge in [0, 0.05) is 17.5 Å². The number of benzene rings is 2. The Morgan fingerprint density at radius 1 is 1.23 bits per heavy atom. The minimum atomic E-state index is -3.40. The highest BCUT2D eigenvalue weighted by Crippen LogP contribution is 2.32. The molecule has 9 heteroatoms. The van der Waals surface area contributed by atoms with Crippen LogP contribution in [0, 0.1) is 0 Å². The lowest BCUT2D eigenvalue weighted by molar-refractivity contribution is -0.118. The van der Waals surface area contributed by atoms with Crippen molar-refractivity contribution in [3.8, 4) is 0 Å². The van der Waals surface area contributed by atoms with Gasteiger partial charge in [-0.25, -0.2) is 13.4 Å². The van der Waals surface area contributed by atoms with Gasteiger partial charge in [0.05, 0.1) is 34.4 Å². The Morgan fingerprint density at radius 3 is 2.77 bits per heavy atom. The normalized spacial score (nSPS) is 16.6. The topological polar surface area (TPSA) is 76.6 Å². The number of hydrogen-bond donors (Lipinski definition) is 0. The van der Waals surface area contributed by atoms with Gasteiger partial charge in [-0.15, -0.1) is 0 Å². The first-order chi connectivity index (χ1) is 14.9. The summed E-state index contributed by atoms with van der Waals surface area (Å²) in [5, 5.41) is 0.578. The highest BCUT2D eigenvalue weighted by Gasteiger charge is 2.27. The zero-order valence-electron chi connectivity index (χ0n) is 16.9. The number of nitrogens with zero attached hydrogens (tertiary/aromatic N) is 2. The molecular formula is C22H23BrN2O4S2. The molecule has 31 heavy (non-hydrogen) atoms. The van der Waals surface area contributed by atoms with Gasteiger partial charge in [0.2, 0.25) is 5.91 Å². The number of halogens is 1. The summed E-state index contributed by atoms with van der Waals surface area (Å²) in [6.07, 6.45) is 1.71. The van der Waals surface area contributed by atoms with Crippen LogP contribution in [0.15, 0.2) is 53.0 Å². The van der Waals surface area contributed by atoms with Gasteiger partial charge >= 0.3 is 0 Å². The Balaban J connectivity index is 1.50. The molecule has 1 unspecified atom stereocenters. The minimum absolute atomic E-state index is 0.0522. The van der Waals surface area contributed by atoms with Crippen molar-refractivity contribution < 1.29 is 17.9 Å². The van der Waals surface area contributed by atoms with Crippen molar-refractivity contribution in [3.63, 3.8) is 0 Å². The van der Waals surface area contributed by atoms with E-state index >= 15 is 0 Å².